The van der Waals surface area contributed by atoms with Crippen molar-refractivity contribution >= 4 is 5.91 Å². The highest BCUT2D eigenvalue weighted by atomic mass is 16.5. The Morgan fingerprint density at radius 1 is 1.08 bits per heavy atom. The molecule has 4 nitrogen and oxygen atoms in total. The maximum absolute atomic E-state index is 11.2. The highest BCUT2D eigenvalue weighted by Crippen LogP contribution is 2.18. The topological polar surface area (TPSA) is 64.3 Å². The molecule has 0 saturated heterocycles. The van der Waals surface area contributed by atoms with Crippen LogP contribution in [0.3, 0.4) is 0 Å². The minimum Gasteiger partial charge on any atom is -0.489 e. The van der Waals surface area contributed by atoms with E-state index in [1.165, 1.54) is 5.56 Å². The summed E-state index contributed by atoms with van der Waals surface area (Å²) in [5.41, 5.74) is 8.30. The molecule has 0 heterocycles. The standard InChI is InChI=1S/C21H28N2O2/c1-21(2,3)11-12-23-14-16-7-9-19(10-8-16)25-15-17-5-4-6-18(13-17)20(22)24/h4-10,13,23H,11-12,14-15H2,1-3H3,(H2,22,24). The molecule has 134 valence electrons. The van der Waals surface area contributed by atoms with Crippen molar-refractivity contribution in [1.29, 1.82) is 0 Å². The van der Waals surface area contributed by atoms with Crippen molar-refractivity contribution in [3.8, 4) is 5.75 Å². The van der Waals surface area contributed by atoms with Crippen molar-refractivity contribution in [3.63, 3.8) is 0 Å². The molecule has 0 spiro atoms. The summed E-state index contributed by atoms with van der Waals surface area (Å²) in [6, 6.07) is 15.3. The molecule has 4 heteroatoms. The van der Waals surface area contributed by atoms with Crippen LogP contribution in [0.1, 0.15) is 48.7 Å². The Bertz CT molecular complexity index is 688. The summed E-state index contributed by atoms with van der Waals surface area (Å²) in [6.45, 7) is 9.03. The average molecular weight is 340 g/mol. The first-order chi connectivity index (χ1) is 11.8. The van der Waals surface area contributed by atoms with Crippen LogP contribution in [0.4, 0.5) is 0 Å². The van der Waals surface area contributed by atoms with Gasteiger partial charge in [0, 0.05) is 12.1 Å². The normalized spacial score (nSPS) is 11.3. The smallest absolute Gasteiger partial charge is 0.248 e. The van der Waals surface area contributed by atoms with Gasteiger partial charge < -0.3 is 15.8 Å². The minimum absolute atomic E-state index is 0.358. The molecule has 2 rings (SSSR count). The number of primary amides is 1. The van der Waals surface area contributed by atoms with E-state index in [1.807, 2.05) is 24.3 Å². The molecule has 0 atom stereocenters. The molecule has 0 radical (unpaired) electrons. The third-order valence-corrected chi connectivity index (χ3v) is 3.92. The van der Waals surface area contributed by atoms with Gasteiger partial charge in [0.15, 0.2) is 0 Å². The van der Waals surface area contributed by atoms with E-state index in [2.05, 4.69) is 38.2 Å². The third-order valence-electron chi connectivity index (χ3n) is 3.92. The molecular formula is C21H28N2O2. The van der Waals surface area contributed by atoms with Gasteiger partial charge in [-0.2, -0.15) is 0 Å². The van der Waals surface area contributed by atoms with E-state index in [9.17, 15) is 4.79 Å². The first-order valence-electron chi connectivity index (χ1n) is 8.65. The van der Waals surface area contributed by atoms with E-state index in [0.29, 0.717) is 17.6 Å². The second-order valence-electron chi connectivity index (χ2n) is 7.48. The first-order valence-corrected chi connectivity index (χ1v) is 8.65. The summed E-state index contributed by atoms with van der Waals surface area (Å²) in [7, 11) is 0. The second kappa shape index (κ2) is 8.67. The molecule has 0 aliphatic heterocycles. The lowest BCUT2D eigenvalue weighted by molar-refractivity contribution is 0.1000. The number of hydrogen-bond acceptors (Lipinski definition) is 3. The van der Waals surface area contributed by atoms with Crippen LogP contribution in [0.15, 0.2) is 48.5 Å². The Labute approximate surface area is 150 Å². The molecule has 25 heavy (non-hydrogen) atoms. The van der Waals surface area contributed by atoms with Crippen molar-refractivity contribution in [2.75, 3.05) is 6.54 Å². The summed E-state index contributed by atoms with van der Waals surface area (Å²) in [5, 5.41) is 3.47. The fraction of sp³-hybridized carbons (Fsp3) is 0.381. The SMILES string of the molecule is CC(C)(C)CCNCc1ccc(OCc2cccc(C(N)=O)c2)cc1. The summed E-state index contributed by atoms with van der Waals surface area (Å²) in [6.07, 6.45) is 1.15. The monoisotopic (exact) mass is 340 g/mol. The van der Waals surface area contributed by atoms with E-state index >= 15 is 0 Å². The van der Waals surface area contributed by atoms with Gasteiger partial charge in [-0.05, 0) is 53.8 Å². The van der Waals surface area contributed by atoms with E-state index in [1.54, 1.807) is 12.1 Å². The lowest BCUT2D eigenvalue weighted by Gasteiger charge is -2.18. The summed E-state index contributed by atoms with van der Waals surface area (Å²) < 4.78 is 5.78. The number of benzene rings is 2. The number of rotatable bonds is 8. The number of nitrogens with two attached hydrogens (primary N) is 1. The second-order valence-corrected chi connectivity index (χ2v) is 7.48. The Hall–Kier alpha value is -2.33. The van der Waals surface area contributed by atoms with Crippen LogP contribution in [0.5, 0.6) is 5.75 Å². The van der Waals surface area contributed by atoms with E-state index < -0.39 is 5.91 Å². The maximum Gasteiger partial charge on any atom is 0.248 e. The predicted octanol–water partition coefficient (Wildman–Crippen LogP) is 3.89. The Morgan fingerprint density at radius 2 is 1.80 bits per heavy atom. The molecule has 0 aliphatic rings. The lowest BCUT2D eigenvalue weighted by atomic mass is 9.92. The van der Waals surface area contributed by atoms with Gasteiger partial charge in [0.1, 0.15) is 12.4 Å². The van der Waals surface area contributed by atoms with Gasteiger partial charge in [-0.1, -0.05) is 45.0 Å². The Kier molecular flexibility index (Phi) is 6.59. The van der Waals surface area contributed by atoms with E-state index in [4.69, 9.17) is 10.5 Å². The fourth-order valence-electron chi connectivity index (χ4n) is 2.38. The first kappa shape index (κ1) is 19.0. The van der Waals surface area contributed by atoms with Crippen LogP contribution in [0, 0.1) is 5.41 Å². The third kappa shape index (κ3) is 6.98. The van der Waals surface area contributed by atoms with Gasteiger partial charge >= 0.3 is 0 Å². The number of carbonyl (C=O) groups is 1. The summed E-state index contributed by atoms with van der Waals surface area (Å²) in [5.74, 6) is 0.382. The van der Waals surface area contributed by atoms with Crippen LogP contribution in [0.2, 0.25) is 0 Å². The van der Waals surface area contributed by atoms with Gasteiger partial charge in [-0.3, -0.25) is 4.79 Å². The van der Waals surface area contributed by atoms with Crippen LogP contribution >= 0.6 is 0 Å². The zero-order valence-electron chi connectivity index (χ0n) is 15.3. The fourth-order valence-corrected chi connectivity index (χ4v) is 2.38. The molecular weight excluding hydrogens is 312 g/mol. The van der Waals surface area contributed by atoms with Gasteiger partial charge in [0.25, 0.3) is 0 Å². The highest BCUT2D eigenvalue weighted by molar-refractivity contribution is 5.92. The summed E-state index contributed by atoms with van der Waals surface area (Å²) in [4.78, 5) is 11.2. The van der Waals surface area contributed by atoms with Crippen molar-refractivity contribution in [2.24, 2.45) is 11.1 Å². The molecule has 1 amide bonds. The van der Waals surface area contributed by atoms with Crippen LogP contribution < -0.4 is 15.8 Å². The molecule has 0 saturated carbocycles. The zero-order valence-corrected chi connectivity index (χ0v) is 15.3. The van der Waals surface area contributed by atoms with Gasteiger partial charge in [-0.25, -0.2) is 0 Å². The van der Waals surface area contributed by atoms with Gasteiger partial charge in [0.05, 0.1) is 0 Å². The quantitative estimate of drug-likeness (QED) is 0.717. The van der Waals surface area contributed by atoms with E-state index in [-0.39, 0.29) is 0 Å². The molecule has 0 bridgehead atoms. The number of nitrogens with one attached hydrogen (secondary N) is 1. The molecule has 2 aromatic rings. The van der Waals surface area contributed by atoms with Crippen molar-refractivity contribution in [3.05, 3.63) is 65.2 Å². The average Bonchev–Trinajstić information content (AvgIpc) is 2.57. The zero-order chi connectivity index (χ0) is 18.3. The van der Waals surface area contributed by atoms with Crippen LogP contribution in [-0.2, 0) is 13.2 Å². The van der Waals surface area contributed by atoms with E-state index in [0.717, 1.165) is 30.8 Å². The van der Waals surface area contributed by atoms with Crippen molar-refractivity contribution < 1.29 is 9.53 Å². The number of hydrogen-bond donors (Lipinski definition) is 2. The maximum atomic E-state index is 11.2. The molecule has 0 fully saturated rings. The largest absolute Gasteiger partial charge is 0.489 e. The molecule has 0 aliphatic carbocycles. The lowest BCUT2D eigenvalue weighted by Crippen LogP contribution is -2.20. The molecule has 3 N–H and O–H groups in total. The number of carbonyl (C=O) groups excluding carboxylic acids is 1. The van der Waals surface area contributed by atoms with Crippen molar-refractivity contribution in [1.82, 2.24) is 5.32 Å². The Morgan fingerprint density at radius 3 is 2.44 bits per heavy atom. The number of amides is 1. The minimum atomic E-state index is -0.426. The van der Waals surface area contributed by atoms with Crippen molar-refractivity contribution in [2.45, 2.75) is 40.3 Å². The van der Waals surface area contributed by atoms with Crippen LogP contribution in [0.25, 0.3) is 0 Å². The van der Waals surface area contributed by atoms with Crippen LogP contribution in [-0.4, -0.2) is 12.5 Å². The molecule has 2 aromatic carbocycles. The van der Waals surface area contributed by atoms with Gasteiger partial charge in [0.2, 0.25) is 5.91 Å². The highest BCUT2D eigenvalue weighted by Gasteiger charge is 2.08. The Balaban J connectivity index is 1.80. The number of ether oxygens (including phenoxy) is 1. The molecule has 0 unspecified atom stereocenters. The van der Waals surface area contributed by atoms with Gasteiger partial charge in [-0.15, -0.1) is 0 Å². The summed E-state index contributed by atoms with van der Waals surface area (Å²) >= 11 is 0. The predicted molar refractivity (Wildman–Crippen MR) is 102 cm³/mol. The molecule has 0 aromatic heterocycles.